The molecular formula is C20H25FIN5O2. The van der Waals surface area contributed by atoms with E-state index in [1.807, 2.05) is 12.1 Å². The van der Waals surface area contributed by atoms with Gasteiger partial charge in [-0.2, -0.15) is 0 Å². The summed E-state index contributed by atoms with van der Waals surface area (Å²) in [6.45, 7) is 2.91. The number of amides is 1. The number of phenolic OH excluding ortho intramolecular Hbond substituents is 1. The van der Waals surface area contributed by atoms with Crippen LogP contribution in [-0.4, -0.2) is 61.6 Å². The van der Waals surface area contributed by atoms with Crippen LogP contribution in [0.15, 0.2) is 53.5 Å². The highest BCUT2D eigenvalue weighted by atomic mass is 127. The molecule has 0 radical (unpaired) electrons. The van der Waals surface area contributed by atoms with Gasteiger partial charge in [0.05, 0.1) is 12.2 Å². The van der Waals surface area contributed by atoms with Gasteiger partial charge in [0.2, 0.25) is 5.91 Å². The third-order valence-electron chi connectivity index (χ3n) is 4.53. The van der Waals surface area contributed by atoms with Crippen molar-refractivity contribution in [2.75, 3.05) is 50.0 Å². The van der Waals surface area contributed by atoms with Gasteiger partial charge in [-0.05, 0) is 30.3 Å². The SMILES string of the molecule is CN=C(NCC(=O)Nc1cccc(F)c1)N1CCN(c2ccccc2O)CC1.I. The smallest absolute Gasteiger partial charge is 0.243 e. The van der Waals surface area contributed by atoms with Crippen LogP contribution in [0, 0.1) is 5.82 Å². The third kappa shape index (κ3) is 6.21. The van der Waals surface area contributed by atoms with Gasteiger partial charge in [-0.15, -0.1) is 24.0 Å². The fourth-order valence-electron chi connectivity index (χ4n) is 3.15. The van der Waals surface area contributed by atoms with Crippen molar-refractivity contribution in [2.24, 2.45) is 4.99 Å². The molecule has 0 spiro atoms. The first-order chi connectivity index (χ1) is 13.6. The van der Waals surface area contributed by atoms with Crippen LogP contribution >= 0.6 is 24.0 Å². The van der Waals surface area contributed by atoms with Gasteiger partial charge in [-0.25, -0.2) is 4.39 Å². The number of carbonyl (C=O) groups excluding carboxylic acids is 1. The van der Waals surface area contributed by atoms with E-state index >= 15 is 0 Å². The summed E-state index contributed by atoms with van der Waals surface area (Å²) in [5.41, 5.74) is 1.23. The average molecular weight is 513 g/mol. The molecule has 0 bridgehead atoms. The van der Waals surface area contributed by atoms with Crippen molar-refractivity contribution in [2.45, 2.75) is 0 Å². The highest BCUT2D eigenvalue weighted by molar-refractivity contribution is 14.0. The fraction of sp³-hybridized carbons (Fsp3) is 0.300. The maximum absolute atomic E-state index is 13.2. The van der Waals surface area contributed by atoms with Gasteiger partial charge in [0, 0.05) is 38.9 Å². The highest BCUT2D eigenvalue weighted by Crippen LogP contribution is 2.27. The summed E-state index contributed by atoms with van der Waals surface area (Å²) < 4.78 is 13.2. The minimum Gasteiger partial charge on any atom is -0.506 e. The molecule has 2 aromatic carbocycles. The Kier molecular flexibility index (Phi) is 8.50. The molecule has 1 amide bonds. The van der Waals surface area contributed by atoms with Gasteiger partial charge in [0.1, 0.15) is 11.6 Å². The summed E-state index contributed by atoms with van der Waals surface area (Å²) in [5.74, 6) is 0.224. The van der Waals surface area contributed by atoms with Gasteiger partial charge < -0.3 is 25.5 Å². The monoisotopic (exact) mass is 513 g/mol. The van der Waals surface area contributed by atoms with E-state index in [1.54, 1.807) is 31.3 Å². The second-order valence-electron chi connectivity index (χ2n) is 6.42. The Hall–Kier alpha value is -2.56. The van der Waals surface area contributed by atoms with Crippen molar-refractivity contribution >= 4 is 47.2 Å². The van der Waals surface area contributed by atoms with E-state index in [0.29, 0.717) is 24.7 Å². The lowest BCUT2D eigenvalue weighted by Gasteiger charge is -2.37. The number of guanidine groups is 1. The number of rotatable bonds is 4. The molecule has 1 saturated heterocycles. The Bertz CT molecular complexity index is 856. The highest BCUT2D eigenvalue weighted by Gasteiger charge is 2.21. The maximum atomic E-state index is 13.2. The number of para-hydroxylation sites is 2. The zero-order valence-electron chi connectivity index (χ0n) is 16.1. The number of hydrogen-bond acceptors (Lipinski definition) is 4. The van der Waals surface area contributed by atoms with Crippen molar-refractivity contribution in [1.82, 2.24) is 10.2 Å². The van der Waals surface area contributed by atoms with E-state index in [2.05, 4.69) is 25.4 Å². The molecule has 3 N–H and O–H groups in total. The summed E-state index contributed by atoms with van der Waals surface area (Å²) in [5, 5.41) is 15.7. The molecule has 0 aromatic heterocycles. The molecule has 1 fully saturated rings. The lowest BCUT2D eigenvalue weighted by molar-refractivity contribution is -0.115. The molecular weight excluding hydrogens is 488 g/mol. The molecule has 1 heterocycles. The molecule has 156 valence electrons. The number of carbonyl (C=O) groups is 1. The minimum absolute atomic E-state index is 0. The number of piperazine rings is 1. The van der Waals surface area contributed by atoms with Crippen molar-refractivity contribution < 1.29 is 14.3 Å². The Labute approximate surface area is 186 Å². The number of aromatic hydroxyl groups is 1. The number of phenols is 1. The Morgan fingerprint density at radius 1 is 1.14 bits per heavy atom. The molecule has 1 aliphatic rings. The van der Waals surface area contributed by atoms with E-state index in [0.717, 1.165) is 18.8 Å². The number of nitrogens with zero attached hydrogens (tertiary/aromatic N) is 3. The lowest BCUT2D eigenvalue weighted by Crippen LogP contribution is -2.53. The van der Waals surface area contributed by atoms with E-state index in [1.165, 1.54) is 12.1 Å². The van der Waals surface area contributed by atoms with E-state index in [9.17, 15) is 14.3 Å². The summed E-state index contributed by atoms with van der Waals surface area (Å²) in [7, 11) is 1.67. The Morgan fingerprint density at radius 3 is 2.52 bits per heavy atom. The van der Waals surface area contributed by atoms with Crippen LogP contribution in [0.5, 0.6) is 5.75 Å². The molecule has 0 atom stereocenters. The second-order valence-corrected chi connectivity index (χ2v) is 6.42. The van der Waals surface area contributed by atoms with Crippen LogP contribution < -0.4 is 15.5 Å². The van der Waals surface area contributed by atoms with Gasteiger partial charge in [0.15, 0.2) is 5.96 Å². The zero-order chi connectivity index (χ0) is 19.9. The molecule has 7 nitrogen and oxygen atoms in total. The standard InChI is InChI=1S/C20H24FN5O2.HI/c1-22-20(23-14-19(28)24-16-6-4-5-15(21)13-16)26-11-9-25(10-12-26)17-7-2-3-8-18(17)27;/h2-8,13,27H,9-12,14H2,1H3,(H,22,23)(H,24,28);1H. The first-order valence-electron chi connectivity index (χ1n) is 9.11. The molecule has 2 aromatic rings. The van der Waals surface area contributed by atoms with Crippen molar-refractivity contribution in [3.63, 3.8) is 0 Å². The molecule has 9 heteroatoms. The molecule has 0 saturated carbocycles. The fourth-order valence-corrected chi connectivity index (χ4v) is 3.15. The van der Waals surface area contributed by atoms with Gasteiger partial charge >= 0.3 is 0 Å². The summed E-state index contributed by atoms with van der Waals surface area (Å²) in [4.78, 5) is 20.5. The first-order valence-corrected chi connectivity index (χ1v) is 9.11. The summed E-state index contributed by atoms with van der Waals surface area (Å²) in [6, 6.07) is 13.0. The van der Waals surface area contributed by atoms with Gasteiger partial charge in [0.25, 0.3) is 0 Å². The normalized spacial score (nSPS) is 14.2. The lowest BCUT2D eigenvalue weighted by atomic mass is 10.2. The van der Waals surface area contributed by atoms with Gasteiger partial charge in [-0.1, -0.05) is 18.2 Å². The largest absolute Gasteiger partial charge is 0.506 e. The molecule has 0 aliphatic carbocycles. The van der Waals surface area contributed by atoms with E-state index < -0.39 is 5.82 Å². The number of hydrogen-bond donors (Lipinski definition) is 3. The zero-order valence-corrected chi connectivity index (χ0v) is 18.5. The van der Waals surface area contributed by atoms with Crippen LogP contribution in [0.4, 0.5) is 15.8 Å². The van der Waals surface area contributed by atoms with Crippen LogP contribution in [0.3, 0.4) is 0 Å². The summed E-state index contributed by atoms with van der Waals surface area (Å²) >= 11 is 0. The van der Waals surface area contributed by atoms with Gasteiger partial charge in [-0.3, -0.25) is 9.79 Å². The third-order valence-corrected chi connectivity index (χ3v) is 4.53. The Morgan fingerprint density at radius 2 is 1.86 bits per heavy atom. The first kappa shape index (κ1) is 22.7. The van der Waals surface area contributed by atoms with Crippen molar-refractivity contribution in [3.05, 3.63) is 54.3 Å². The Balaban J connectivity index is 0.00000300. The van der Waals surface area contributed by atoms with E-state index in [-0.39, 0.29) is 42.2 Å². The number of halogens is 2. The summed E-state index contributed by atoms with van der Waals surface area (Å²) in [6.07, 6.45) is 0. The van der Waals surface area contributed by atoms with Crippen molar-refractivity contribution in [3.8, 4) is 5.75 Å². The van der Waals surface area contributed by atoms with Crippen molar-refractivity contribution in [1.29, 1.82) is 0 Å². The number of benzene rings is 2. The van der Waals surface area contributed by atoms with Crippen LogP contribution in [0.2, 0.25) is 0 Å². The number of nitrogens with one attached hydrogen (secondary N) is 2. The number of aliphatic imine (C=N–C) groups is 1. The topological polar surface area (TPSA) is 80.2 Å². The quantitative estimate of drug-likeness (QED) is 0.333. The predicted molar refractivity (Wildman–Crippen MR) is 124 cm³/mol. The molecule has 1 aliphatic heterocycles. The van der Waals surface area contributed by atoms with Crippen LogP contribution in [-0.2, 0) is 4.79 Å². The maximum Gasteiger partial charge on any atom is 0.243 e. The van der Waals surface area contributed by atoms with Crippen LogP contribution in [0.25, 0.3) is 0 Å². The average Bonchev–Trinajstić information content (AvgIpc) is 2.69. The number of anilines is 2. The molecule has 29 heavy (non-hydrogen) atoms. The van der Waals surface area contributed by atoms with E-state index in [4.69, 9.17) is 0 Å². The molecule has 3 rings (SSSR count). The predicted octanol–water partition coefficient (Wildman–Crippen LogP) is 2.49. The minimum atomic E-state index is -0.399. The second kappa shape index (κ2) is 10.8. The molecule has 0 unspecified atom stereocenters. The van der Waals surface area contributed by atoms with Crippen LogP contribution in [0.1, 0.15) is 0 Å².